The Bertz CT molecular complexity index is 200. The maximum Gasteiger partial charge on any atom is 0.317 e. The summed E-state index contributed by atoms with van der Waals surface area (Å²) in [6.45, 7) is 6.88. The van der Waals surface area contributed by atoms with Crippen molar-refractivity contribution >= 4 is 6.03 Å². The van der Waals surface area contributed by atoms with E-state index in [1.165, 1.54) is 0 Å². The summed E-state index contributed by atoms with van der Waals surface area (Å²) in [5.74, 6) is 0. The Morgan fingerprint density at radius 3 is 2.62 bits per heavy atom. The number of carbonyl (C=O) groups is 1. The van der Waals surface area contributed by atoms with Crippen LogP contribution in [-0.2, 0) is 0 Å². The van der Waals surface area contributed by atoms with Gasteiger partial charge in [0.15, 0.2) is 0 Å². The average molecular weight is 229 g/mol. The van der Waals surface area contributed by atoms with Gasteiger partial charge in [-0.05, 0) is 13.0 Å². The molecule has 1 aliphatic heterocycles. The van der Waals surface area contributed by atoms with Crippen molar-refractivity contribution in [2.24, 2.45) is 5.73 Å². The molecule has 0 aromatic carbocycles. The maximum absolute atomic E-state index is 11.2. The molecule has 6 heteroatoms. The molecule has 0 aromatic rings. The van der Waals surface area contributed by atoms with E-state index in [0.29, 0.717) is 6.54 Å². The van der Waals surface area contributed by atoms with Gasteiger partial charge < -0.3 is 26.6 Å². The van der Waals surface area contributed by atoms with Crippen LogP contribution in [0.3, 0.4) is 0 Å². The number of urea groups is 1. The van der Waals surface area contributed by atoms with E-state index in [1.54, 1.807) is 0 Å². The lowest BCUT2D eigenvalue weighted by Crippen LogP contribution is -2.33. The van der Waals surface area contributed by atoms with E-state index in [1.807, 2.05) is 4.90 Å². The van der Waals surface area contributed by atoms with Crippen LogP contribution in [0.4, 0.5) is 4.79 Å². The Hall–Kier alpha value is -0.850. The molecule has 6 nitrogen and oxygen atoms in total. The lowest BCUT2D eigenvalue weighted by Gasteiger charge is -2.13. The average Bonchev–Trinajstić information content (AvgIpc) is 2.68. The first-order valence-corrected chi connectivity index (χ1v) is 5.99. The molecule has 5 N–H and O–H groups in total. The zero-order valence-electron chi connectivity index (χ0n) is 9.80. The van der Waals surface area contributed by atoms with Crippen molar-refractivity contribution in [2.45, 2.75) is 6.42 Å². The summed E-state index contributed by atoms with van der Waals surface area (Å²) in [6, 6.07) is 0.0737. The summed E-state index contributed by atoms with van der Waals surface area (Å²) < 4.78 is 0. The van der Waals surface area contributed by atoms with E-state index in [4.69, 9.17) is 5.73 Å². The van der Waals surface area contributed by atoms with Crippen molar-refractivity contribution in [1.82, 2.24) is 20.9 Å². The lowest BCUT2D eigenvalue weighted by atomic mass is 10.4. The van der Waals surface area contributed by atoms with E-state index >= 15 is 0 Å². The minimum Gasteiger partial charge on any atom is -0.336 e. The molecular weight excluding hydrogens is 206 g/mol. The first-order valence-electron chi connectivity index (χ1n) is 5.99. The Morgan fingerprint density at radius 2 is 2.00 bits per heavy atom. The quantitative estimate of drug-likeness (QED) is 0.364. The molecule has 1 rings (SSSR count). The zero-order valence-corrected chi connectivity index (χ0v) is 9.80. The van der Waals surface area contributed by atoms with Gasteiger partial charge in [-0.3, -0.25) is 0 Å². The molecule has 1 aliphatic rings. The molecule has 2 amide bonds. The Kier molecular flexibility index (Phi) is 6.87. The van der Waals surface area contributed by atoms with Gasteiger partial charge in [0.05, 0.1) is 0 Å². The van der Waals surface area contributed by atoms with Gasteiger partial charge in [-0.15, -0.1) is 0 Å². The van der Waals surface area contributed by atoms with Gasteiger partial charge in [-0.2, -0.15) is 0 Å². The number of rotatable bonds is 9. The van der Waals surface area contributed by atoms with Crippen LogP contribution in [-0.4, -0.2) is 63.3 Å². The number of carbonyl (C=O) groups excluding carboxylic acids is 1. The Balaban J connectivity index is 1.83. The zero-order chi connectivity index (χ0) is 11.6. The third-order valence-electron chi connectivity index (χ3n) is 2.53. The molecule has 0 spiro atoms. The summed E-state index contributed by atoms with van der Waals surface area (Å²) in [5, 5.41) is 9.32. The van der Waals surface area contributed by atoms with E-state index < -0.39 is 0 Å². The molecule has 0 radical (unpaired) electrons. The number of nitrogens with zero attached hydrogens (tertiary/aromatic N) is 1. The summed E-state index contributed by atoms with van der Waals surface area (Å²) in [4.78, 5) is 13.0. The van der Waals surface area contributed by atoms with Crippen LogP contribution >= 0.6 is 0 Å². The normalized spacial score (nSPS) is 15.6. The molecule has 94 valence electrons. The Morgan fingerprint density at radius 1 is 1.25 bits per heavy atom. The fraction of sp³-hybridized carbons (Fsp3) is 0.900. The van der Waals surface area contributed by atoms with Gasteiger partial charge in [0.1, 0.15) is 0 Å². The fourth-order valence-corrected chi connectivity index (χ4v) is 1.65. The van der Waals surface area contributed by atoms with Crippen molar-refractivity contribution in [3.05, 3.63) is 0 Å². The molecule has 16 heavy (non-hydrogen) atoms. The molecule has 0 bridgehead atoms. The van der Waals surface area contributed by atoms with Crippen molar-refractivity contribution in [1.29, 1.82) is 0 Å². The van der Waals surface area contributed by atoms with Crippen LogP contribution in [0.1, 0.15) is 6.42 Å². The topological polar surface area (TPSA) is 82.4 Å². The van der Waals surface area contributed by atoms with Crippen LogP contribution in [0.2, 0.25) is 0 Å². The Labute approximate surface area is 96.9 Å². The van der Waals surface area contributed by atoms with Crippen LogP contribution in [0.15, 0.2) is 0 Å². The monoisotopic (exact) mass is 229 g/mol. The van der Waals surface area contributed by atoms with Crippen molar-refractivity contribution in [3.63, 3.8) is 0 Å². The van der Waals surface area contributed by atoms with Crippen molar-refractivity contribution < 1.29 is 4.79 Å². The van der Waals surface area contributed by atoms with E-state index in [-0.39, 0.29) is 6.03 Å². The number of nitrogens with one attached hydrogen (secondary N) is 3. The van der Waals surface area contributed by atoms with Gasteiger partial charge >= 0.3 is 6.03 Å². The highest BCUT2D eigenvalue weighted by Gasteiger charge is 2.17. The predicted molar refractivity (Wildman–Crippen MR) is 64.4 cm³/mol. The van der Waals surface area contributed by atoms with Gasteiger partial charge in [0.25, 0.3) is 0 Å². The van der Waals surface area contributed by atoms with Crippen LogP contribution in [0, 0.1) is 0 Å². The molecule has 0 aliphatic carbocycles. The number of hydrogen-bond donors (Lipinski definition) is 4. The van der Waals surface area contributed by atoms with E-state index in [0.717, 1.165) is 52.2 Å². The van der Waals surface area contributed by atoms with Gasteiger partial charge in [-0.1, -0.05) is 0 Å². The van der Waals surface area contributed by atoms with Gasteiger partial charge in [0, 0.05) is 45.8 Å². The highest BCUT2D eigenvalue weighted by Crippen LogP contribution is 1.96. The second kappa shape index (κ2) is 8.32. The third kappa shape index (κ3) is 5.29. The van der Waals surface area contributed by atoms with E-state index in [9.17, 15) is 4.79 Å². The largest absolute Gasteiger partial charge is 0.336 e. The summed E-state index contributed by atoms with van der Waals surface area (Å²) in [6.07, 6.45) is 1.00. The van der Waals surface area contributed by atoms with Gasteiger partial charge in [0.2, 0.25) is 0 Å². The predicted octanol–water partition coefficient (Wildman–Crippen LogP) is -1.46. The highest BCUT2D eigenvalue weighted by atomic mass is 16.2. The number of hydrogen-bond acceptors (Lipinski definition) is 4. The second-order valence-corrected chi connectivity index (χ2v) is 3.86. The van der Waals surface area contributed by atoms with Gasteiger partial charge in [-0.25, -0.2) is 4.79 Å². The molecule has 1 fully saturated rings. The second-order valence-electron chi connectivity index (χ2n) is 3.86. The lowest BCUT2D eigenvalue weighted by molar-refractivity contribution is 0.217. The smallest absolute Gasteiger partial charge is 0.317 e. The highest BCUT2D eigenvalue weighted by molar-refractivity contribution is 5.76. The van der Waals surface area contributed by atoms with Crippen molar-refractivity contribution in [2.75, 3.05) is 52.4 Å². The van der Waals surface area contributed by atoms with Crippen LogP contribution in [0.25, 0.3) is 0 Å². The molecule has 1 heterocycles. The molecular formula is C10H23N5O. The minimum absolute atomic E-state index is 0.0737. The number of amides is 2. The van der Waals surface area contributed by atoms with Crippen LogP contribution < -0.4 is 21.7 Å². The minimum atomic E-state index is 0.0737. The summed E-state index contributed by atoms with van der Waals surface area (Å²) >= 11 is 0. The van der Waals surface area contributed by atoms with Crippen LogP contribution in [0.5, 0.6) is 0 Å². The number of nitrogens with two attached hydrogens (primary N) is 1. The molecule has 0 unspecified atom stereocenters. The maximum atomic E-state index is 11.2. The molecule has 0 saturated carbocycles. The van der Waals surface area contributed by atoms with E-state index in [2.05, 4.69) is 16.0 Å². The molecule has 0 atom stereocenters. The summed E-state index contributed by atoms with van der Waals surface area (Å²) in [7, 11) is 0. The molecule has 1 saturated heterocycles. The first-order chi connectivity index (χ1) is 7.84. The summed E-state index contributed by atoms with van der Waals surface area (Å²) in [5.41, 5.74) is 5.35. The first kappa shape index (κ1) is 13.2. The standard InChI is InChI=1S/C10H23N5O/c11-2-4-13-6-5-12-3-1-8-15-9-7-14-10(15)16/h12-13H,1-9,11H2,(H,14,16). The fourth-order valence-electron chi connectivity index (χ4n) is 1.65. The third-order valence-corrected chi connectivity index (χ3v) is 2.53. The molecule has 0 aromatic heterocycles. The SMILES string of the molecule is NCCNCCNCCCN1CCNC1=O. The van der Waals surface area contributed by atoms with Crippen molar-refractivity contribution in [3.8, 4) is 0 Å².